The number of alkyl halides is 1. The second-order valence-corrected chi connectivity index (χ2v) is 5.90. The molecule has 0 bridgehead atoms. The van der Waals surface area contributed by atoms with Crippen LogP contribution < -0.4 is 0 Å². The van der Waals surface area contributed by atoms with Gasteiger partial charge in [0.1, 0.15) is 0 Å². The van der Waals surface area contributed by atoms with Crippen LogP contribution in [0.4, 0.5) is 0 Å². The second-order valence-electron chi connectivity index (χ2n) is 5.34. The highest BCUT2D eigenvalue weighted by atomic mass is 79.9. The van der Waals surface area contributed by atoms with Gasteiger partial charge in [0.15, 0.2) is 0 Å². The molecule has 78 valence electrons. The van der Waals surface area contributed by atoms with Gasteiger partial charge in [0.2, 0.25) is 0 Å². The van der Waals surface area contributed by atoms with Crippen LogP contribution in [0.15, 0.2) is 0 Å². The zero-order chi connectivity index (χ0) is 9.73. The Morgan fingerprint density at radius 3 is 2.38 bits per heavy atom. The molecule has 0 atom stereocenters. The van der Waals surface area contributed by atoms with E-state index in [9.17, 15) is 0 Å². The fourth-order valence-corrected chi connectivity index (χ4v) is 2.52. The van der Waals surface area contributed by atoms with Gasteiger partial charge in [-0.1, -0.05) is 68.3 Å². The molecule has 0 aromatic heterocycles. The molecule has 1 aliphatic rings. The molecule has 13 heavy (non-hydrogen) atoms. The maximum Gasteiger partial charge on any atom is 0.00826 e. The standard InChI is InChI=1S/C12H23Br/c1-12(2,10-13)9-5-8-11-6-3-4-7-11/h11H,3-10H2,1-2H3. The molecule has 1 fully saturated rings. The molecule has 1 rings (SSSR count). The Balaban J connectivity index is 2.06. The molecule has 0 aromatic rings. The summed E-state index contributed by atoms with van der Waals surface area (Å²) >= 11 is 3.58. The van der Waals surface area contributed by atoms with Crippen molar-refractivity contribution < 1.29 is 0 Å². The van der Waals surface area contributed by atoms with Crippen molar-refractivity contribution in [2.45, 2.75) is 58.8 Å². The molecule has 0 saturated heterocycles. The lowest BCUT2D eigenvalue weighted by atomic mass is 9.87. The van der Waals surface area contributed by atoms with Gasteiger partial charge >= 0.3 is 0 Å². The van der Waals surface area contributed by atoms with E-state index < -0.39 is 0 Å². The maximum atomic E-state index is 3.58. The largest absolute Gasteiger partial charge is 0.0922 e. The summed E-state index contributed by atoms with van der Waals surface area (Å²) in [6.07, 6.45) is 10.3. The average molecular weight is 247 g/mol. The van der Waals surface area contributed by atoms with Crippen molar-refractivity contribution in [2.75, 3.05) is 5.33 Å². The van der Waals surface area contributed by atoms with Crippen LogP contribution in [0.5, 0.6) is 0 Å². The first-order valence-electron chi connectivity index (χ1n) is 5.70. The van der Waals surface area contributed by atoms with Crippen molar-refractivity contribution in [1.29, 1.82) is 0 Å². The van der Waals surface area contributed by atoms with Crippen molar-refractivity contribution in [3.63, 3.8) is 0 Å². The third-order valence-electron chi connectivity index (χ3n) is 3.30. The van der Waals surface area contributed by atoms with Gasteiger partial charge in [0.05, 0.1) is 0 Å². The molecule has 0 N–H and O–H groups in total. The first-order chi connectivity index (χ1) is 6.14. The highest BCUT2D eigenvalue weighted by molar-refractivity contribution is 9.09. The molecule has 0 aromatic carbocycles. The normalized spacial score (nSPS) is 19.6. The van der Waals surface area contributed by atoms with Crippen LogP contribution in [0.25, 0.3) is 0 Å². The molecule has 0 radical (unpaired) electrons. The van der Waals surface area contributed by atoms with E-state index in [1.165, 1.54) is 44.9 Å². The topological polar surface area (TPSA) is 0 Å². The van der Waals surface area contributed by atoms with Crippen LogP contribution in [-0.2, 0) is 0 Å². The summed E-state index contributed by atoms with van der Waals surface area (Å²) in [4.78, 5) is 0. The lowest BCUT2D eigenvalue weighted by molar-refractivity contribution is 0.348. The Kier molecular flexibility index (Phi) is 4.78. The summed E-state index contributed by atoms with van der Waals surface area (Å²) in [6, 6.07) is 0. The zero-order valence-electron chi connectivity index (χ0n) is 9.11. The van der Waals surface area contributed by atoms with Crippen LogP contribution in [0, 0.1) is 11.3 Å². The summed E-state index contributed by atoms with van der Waals surface area (Å²) in [5, 5.41) is 1.14. The minimum Gasteiger partial charge on any atom is -0.0922 e. The molecule has 0 unspecified atom stereocenters. The van der Waals surface area contributed by atoms with Crippen LogP contribution >= 0.6 is 15.9 Å². The molecule has 1 heteroatoms. The Labute approximate surface area is 91.6 Å². The minimum atomic E-state index is 0.513. The summed E-state index contributed by atoms with van der Waals surface area (Å²) in [5.41, 5.74) is 0.513. The fourth-order valence-electron chi connectivity index (χ4n) is 2.24. The highest BCUT2D eigenvalue weighted by Gasteiger charge is 2.18. The molecule has 0 aliphatic heterocycles. The van der Waals surface area contributed by atoms with Crippen molar-refractivity contribution >= 4 is 15.9 Å². The average Bonchev–Trinajstić information content (AvgIpc) is 2.57. The first kappa shape index (κ1) is 11.6. The van der Waals surface area contributed by atoms with Gasteiger partial charge in [-0.05, 0) is 17.8 Å². The third kappa shape index (κ3) is 4.49. The fraction of sp³-hybridized carbons (Fsp3) is 1.00. The van der Waals surface area contributed by atoms with E-state index in [4.69, 9.17) is 0 Å². The summed E-state index contributed by atoms with van der Waals surface area (Å²) < 4.78 is 0. The summed E-state index contributed by atoms with van der Waals surface area (Å²) in [5.74, 6) is 1.08. The molecule has 0 nitrogen and oxygen atoms in total. The number of halogens is 1. The first-order valence-corrected chi connectivity index (χ1v) is 6.82. The molecular weight excluding hydrogens is 224 g/mol. The van der Waals surface area contributed by atoms with E-state index in [0.717, 1.165) is 11.2 Å². The van der Waals surface area contributed by atoms with Gasteiger partial charge in [-0.2, -0.15) is 0 Å². The Morgan fingerprint density at radius 1 is 1.23 bits per heavy atom. The quantitative estimate of drug-likeness (QED) is 0.614. The zero-order valence-corrected chi connectivity index (χ0v) is 10.7. The Hall–Kier alpha value is 0.480. The van der Waals surface area contributed by atoms with Crippen LogP contribution in [-0.4, -0.2) is 5.33 Å². The van der Waals surface area contributed by atoms with Gasteiger partial charge in [0.25, 0.3) is 0 Å². The van der Waals surface area contributed by atoms with Crippen LogP contribution in [0.1, 0.15) is 58.8 Å². The number of hydrogen-bond donors (Lipinski definition) is 0. The van der Waals surface area contributed by atoms with Gasteiger partial charge < -0.3 is 0 Å². The van der Waals surface area contributed by atoms with E-state index in [1.807, 2.05) is 0 Å². The number of rotatable bonds is 5. The van der Waals surface area contributed by atoms with Gasteiger partial charge in [-0.25, -0.2) is 0 Å². The van der Waals surface area contributed by atoms with E-state index in [-0.39, 0.29) is 0 Å². The minimum absolute atomic E-state index is 0.513. The lowest BCUT2D eigenvalue weighted by Gasteiger charge is -2.22. The maximum absolute atomic E-state index is 3.58. The summed E-state index contributed by atoms with van der Waals surface area (Å²) in [6.45, 7) is 4.72. The third-order valence-corrected chi connectivity index (χ3v) is 4.82. The lowest BCUT2D eigenvalue weighted by Crippen LogP contribution is -2.13. The molecule has 1 saturated carbocycles. The van der Waals surface area contributed by atoms with Crippen molar-refractivity contribution in [2.24, 2.45) is 11.3 Å². The van der Waals surface area contributed by atoms with Gasteiger partial charge in [0, 0.05) is 5.33 Å². The SMILES string of the molecule is CC(C)(CBr)CCCC1CCCC1. The van der Waals surface area contributed by atoms with E-state index in [2.05, 4.69) is 29.8 Å². The molecule has 1 aliphatic carbocycles. The van der Waals surface area contributed by atoms with E-state index in [0.29, 0.717) is 5.41 Å². The van der Waals surface area contributed by atoms with Crippen molar-refractivity contribution in [1.82, 2.24) is 0 Å². The smallest absolute Gasteiger partial charge is 0.00826 e. The molecule has 0 heterocycles. The second kappa shape index (κ2) is 5.38. The molecule has 0 spiro atoms. The summed E-state index contributed by atoms with van der Waals surface area (Å²) in [7, 11) is 0. The molecule has 0 amide bonds. The predicted molar refractivity (Wildman–Crippen MR) is 63.4 cm³/mol. The Bertz CT molecular complexity index is 134. The van der Waals surface area contributed by atoms with Gasteiger partial charge in [-0.3, -0.25) is 0 Å². The van der Waals surface area contributed by atoms with Crippen LogP contribution in [0.2, 0.25) is 0 Å². The number of hydrogen-bond acceptors (Lipinski definition) is 0. The van der Waals surface area contributed by atoms with E-state index >= 15 is 0 Å². The highest BCUT2D eigenvalue weighted by Crippen LogP contribution is 2.32. The van der Waals surface area contributed by atoms with Crippen molar-refractivity contribution in [3.05, 3.63) is 0 Å². The monoisotopic (exact) mass is 246 g/mol. The van der Waals surface area contributed by atoms with Gasteiger partial charge in [-0.15, -0.1) is 0 Å². The van der Waals surface area contributed by atoms with E-state index in [1.54, 1.807) is 0 Å². The Morgan fingerprint density at radius 2 is 1.85 bits per heavy atom. The molecular formula is C12H23Br. The predicted octanol–water partition coefficient (Wildman–Crippen LogP) is 4.77. The van der Waals surface area contributed by atoms with Crippen molar-refractivity contribution in [3.8, 4) is 0 Å². The van der Waals surface area contributed by atoms with Crippen LogP contribution in [0.3, 0.4) is 0 Å².